The number of hydrogen-bond acceptors (Lipinski definition) is 5. The Labute approximate surface area is 205 Å². The molecule has 1 N–H and O–H groups in total. The summed E-state index contributed by atoms with van der Waals surface area (Å²) in [5, 5.41) is 3.04. The summed E-state index contributed by atoms with van der Waals surface area (Å²) in [6.45, 7) is 1.64. The van der Waals surface area contributed by atoms with E-state index in [2.05, 4.69) is 20.3 Å². The Morgan fingerprint density at radius 2 is 1.72 bits per heavy atom. The van der Waals surface area contributed by atoms with Crippen LogP contribution in [0.25, 0.3) is 0 Å². The summed E-state index contributed by atoms with van der Waals surface area (Å²) in [7, 11) is 0. The summed E-state index contributed by atoms with van der Waals surface area (Å²) in [5.41, 5.74) is 2.08. The standard InChI is InChI=1S/C26H24F4N6/c27-23-24(32-14-18-3-5-19(6-4-18)15-35-13-11-31-17-35)33-16-34-25(23)36-12-1-2-22(36)20-7-9-21(10-8-20)26(28,29)30/h3-11,13,16-17,22H,1-2,12,14-15H2,(H,32,33,34). The van der Waals surface area contributed by atoms with Crippen LogP contribution in [0.2, 0.25) is 0 Å². The first-order valence-electron chi connectivity index (χ1n) is 11.6. The smallest absolute Gasteiger partial charge is 0.363 e. The zero-order valence-electron chi connectivity index (χ0n) is 19.3. The molecule has 10 heteroatoms. The Kier molecular flexibility index (Phi) is 6.58. The van der Waals surface area contributed by atoms with E-state index in [1.807, 2.05) is 35.0 Å². The molecular formula is C26H24F4N6. The third-order valence-electron chi connectivity index (χ3n) is 6.33. The number of hydrogen-bond donors (Lipinski definition) is 1. The number of benzene rings is 2. The molecule has 1 aliphatic heterocycles. The average molecular weight is 497 g/mol. The fraction of sp³-hybridized carbons (Fsp3) is 0.269. The first-order valence-corrected chi connectivity index (χ1v) is 11.6. The summed E-state index contributed by atoms with van der Waals surface area (Å²) in [4.78, 5) is 14.1. The summed E-state index contributed by atoms with van der Waals surface area (Å²) < 4.78 is 56.2. The molecule has 0 aliphatic carbocycles. The lowest BCUT2D eigenvalue weighted by atomic mass is 10.0. The maximum atomic E-state index is 15.4. The van der Waals surface area contributed by atoms with E-state index in [4.69, 9.17) is 0 Å². The van der Waals surface area contributed by atoms with Crippen LogP contribution in [0, 0.1) is 5.82 Å². The van der Waals surface area contributed by atoms with E-state index in [9.17, 15) is 13.2 Å². The van der Waals surface area contributed by atoms with Crippen LogP contribution in [-0.4, -0.2) is 26.1 Å². The lowest BCUT2D eigenvalue weighted by Gasteiger charge is -2.27. The van der Waals surface area contributed by atoms with Gasteiger partial charge in [0.15, 0.2) is 11.6 Å². The molecule has 36 heavy (non-hydrogen) atoms. The second-order valence-electron chi connectivity index (χ2n) is 8.74. The first-order chi connectivity index (χ1) is 17.4. The zero-order valence-corrected chi connectivity index (χ0v) is 19.3. The van der Waals surface area contributed by atoms with Gasteiger partial charge in [-0.15, -0.1) is 0 Å². The fourth-order valence-corrected chi connectivity index (χ4v) is 4.48. The van der Waals surface area contributed by atoms with Gasteiger partial charge in [-0.3, -0.25) is 0 Å². The second kappa shape index (κ2) is 9.96. The van der Waals surface area contributed by atoms with Crippen LogP contribution in [0.1, 0.15) is 41.1 Å². The summed E-state index contributed by atoms with van der Waals surface area (Å²) in [5.74, 6) is -0.348. The van der Waals surface area contributed by atoms with Crippen LogP contribution in [-0.2, 0) is 19.3 Å². The number of imidazole rings is 1. The van der Waals surface area contributed by atoms with Gasteiger partial charge in [0, 0.05) is 32.0 Å². The van der Waals surface area contributed by atoms with Gasteiger partial charge < -0.3 is 14.8 Å². The number of halogens is 4. The Hall–Kier alpha value is -3.95. The van der Waals surface area contributed by atoms with Crippen LogP contribution in [0.15, 0.2) is 73.6 Å². The molecule has 3 heterocycles. The minimum Gasteiger partial charge on any atom is -0.363 e. The molecule has 6 nitrogen and oxygen atoms in total. The number of aromatic nitrogens is 4. The average Bonchev–Trinajstić information content (AvgIpc) is 3.56. The van der Waals surface area contributed by atoms with E-state index in [0.29, 0.717) is 31.6 Å². The van der Waals surface area contributed by atoms with Crippen molar-refractivity contribution in [2.75, 3.05) is 16.8 Å². The quantitative estimate of drug-likeness (QED) is 0.326. The van der Waals surface area contributed by atoms with Gasteiger partial charge in [-0.05, 0) is 41.7 Å². The molecule has 1 fully saturated rings. The van der Waals surface area contributed by atoms with E-state index in [-0.39, 0.29) is 17.7 Å². The number of alkyl halides is 3. The van der Waals surface area contributed by atoms with Gasteiger partial charge in [0.2, 0.25) is 5.82 Å². The molecule has 4 aromatic rings. The van der Waals surface area contributed by atoms with Gasteiger partial charge in [-0.1, -0.05) is 36.4 Å². The molecular weight excluding hydrogens is 472 g/mol. The topological polar surface area (TPSA) is 58.9 Å². The van der Waals surface area contributed by atoms with Crippen LogP contribution in [0.4, 0.5) is 29.2 Å². The molecule has 2 aromatic carbocycles. The molecule has 1 saturated heterocycles. The molecule has 186 valence electrons. The van der Waals surface area contributed by atoms with Gasteiger partial charge in [-0.2, -0.15) is 17.6 Å². The summed E-state index contributed by atoms with van der Waals surface area (Å²) >= 11 is 0. The molecule has 0 saturated carbocycles. The Balaban J connectivity index is 1.28. The third-order valence-corrected chi connectivity index (χ3v) is 6.33. The number of anilines is 2. The number of nitrogens with zero attached hydrogens (tertiary/aromatic N) is 5. The van der Waals surface area contributed by atoms with Crippen molar-refractivity contribution in [3.8, 4) is 0 Å². The third kappa shape index (κ3) is 5.17. The van der Waals surface area contributed by atoms with Crippen molar-refractivity contribution in [3.05, 3.63) is 102 Å². The highest BCUT2D eigenvalue weighted by Gasteiger charge is 2.33. The summed E-state index contributed by atoms with van der Waals surface area (Å²) in [6, 6.07) is 12.8. The second-order valence-corrected chi connectivity index (χ2v) is 8.74. The van der Waals surface area contributed by atoms with Gasteiger partial charge in [0.05, 0.1) is 17.9 Å². The van der Waals surface area contributed by atoms with Crippen molar-refractivity contribution in [1.82, 2.24) is 19.5 Å². The van der Waals surface area contributed by atoms with E-state index < -0.39 is 17.6 Å². The number of nitrogens with one attached hydrogen (secondary N) is 1. The Morgan fingerprint density at radius 3 is 2.42 bits per heavy atom. The minimum atomic E-state index is -4.40. The normalized spacial score (nSPS) is 15.9. The van der Waals surface area contributed by atoms with E-state index >= 15 is 4.39 Å². The van der Waals surface area contributed by atoms with Crippen molar-refractivity contribution < 1.29 is 17.6 Å². The Bertz CT molecular complexity index is 1290. The maximum Gasteiger partial charge on any atom is 0.416 e. The van der Waals surface area contributed by atoms with Gasteiger partial charge in [-0.25, -0.2) is 15.0 Å². The van der Waals surface area contributed by atoms with Crippen molar-refractivity contribution in [2.45, 2.75) is 38.1 Å². The highest BCUT2D eigenvalue weighted by Crippen LogP contribution is 2.38. The van der Waals surface area contributed by atoms with Gasteiger partial charge in [0.25, 0.3) is 0 Å². The molecule has 0 amide bonds. The Morgan fingerprint density at radius 1 is 0.972 bits per heavy atom. The largest absolute Gasteiger partial charge is 0.416 e. The lowest BCUT2D eigenvalue weighted by molar-refractivity contribution is -0.137. The number of rotatable bonds is 7. The predicted molar refractivity (Wildman–Crippen MR) is 128 cm³/mol. The van der Waals surface area contributed by atoms with E-state index in [1.54, 1.807) is 17.4 Å². The molecule has 2 aromatic heterocycles. The molecule has 1 unspecified atom stereocenters. The van der Waals surface area contributed by atoms with Crippen molar-refractivity contribution >= 4 is 11.6 Å². The monoisotopic (exact) mass is 496 g/mol. The van der Waals surface area contributed by atoms with Crippen molar-refractivity contribution in [3.63, 3.8) is 0 Å². The van der Waals surface area contributed by atoms with Crippen molar-refractivity contribution in [2.24, 2.45) is 0 Å². The van der Waals surface area contributed by atoms with Crippen LogP contribution >= 0.6 is 0 Å². The molecule has 1 aliphatic rings. The molecule has 1 atom stereocenters. The van der Waals surface area contributed by atoms with E-state index in [1.165, 1.54) is 18.5 Å². The van der Waals surface area contributed by atoms with Crippen LogP contribution in [0.5, 0.6) is 0 Å². The van der Waals surface area contributed by atoms with Crippen LogP contribution in [0.3, 0.4) is 0 Å². The molecule has 0 radical (unpaired) electrons. The molecule has 0 spiro atoms. The predicted octanol–water partition coefficient (Wildman–Crippen LogP) is 5.83. The van der Waals surface area contributed by atoms with Gasteiger partial charge >= 0.3 is 6.18 Å². The molecule has 5 rings (SSSR count). The first kappa shape index (κ1) is 23.8. The maximum absolute atomic E-state index is 15.4. The van der Waals surface area contributed by atoms with Gasteiger partial charge in [0.1, 0.15) is 6.33 Å². The lowest BCUT2D eigenvalue weighted by Crippen LogP contribution is -2.25. The van der Waals surface area contributed by atoms with Crippen molar-refractivity contribution in [1.29, 1.82) is 0 Å². The summed E-state index contributed by atoms with van der Waals surface area (Å²) in [6.07, 6.45) is 3.77. The molecule has 0 bridgehead atoms. The fourth-order valence-electron chi connectivity index (χ4n) is 4.48. The van der Waals surface area contributed by atoms with Crippen LogP contribution < -0.4 is 10.2 Å². The zero-order chi connectivity index (χ0) is 25.1. The highest BCUT2D eigenvalue weighted by atomic mass is 19.4. The SMILES string of the molecule is Fc1c(NCc2ccc(Cn3ccnc3)cc2)ncnc1N1CCCC1c1ccc(C(F)(F)F)cc1. The highest BCUT2D eigenvalue weighted by molar-refractivity contribution is 5.53. The van der Waals surface area contributed by atoms with E-state index in [0.717, 1.165) is 29.7 Å². The minimum absolute atomic E-state index is 0.0839.